The molecule has 0 aliphatic rings. The van der Waals surface area contributed by atoms with Crippen molar-refractivity contribution in [2.75, 3.05) is 0 Å². The average molecular weight is 391 g/mol. The van der Waals surface area contributed by atoms with E-state index in [0.29, 0.717) is 34.5 Å². The van der Waals surface area contributed by atoms with Gasteiger partial charge in [0.2, 0.25) is 5.43 Å². The van der Waals surface area contributed by atoms with Crippen LogP contribution in [0.15, 0.2) is 58.1 Å². The summed E-state index contributed by atoms with van der Waals surface area (Å²) in [6.45, 7) is 2.54. The number of halogens is 1. The molecule has 0 N–H and O–H groups in total. The Morgan fingerprint density at radius 3 is 2.45 bits per heavy atom. The molecular weight excluding hydrogens is 369 g/mol. The number of aryl methyl sites for hydroxylation is 1. The van der Waals surface area contributed by atoms with Crippen molar-refractivity contribution in [3.63, 3.8) is 0 Å². The van der Waals surface area contributed by atoms with E-state index in [1.54, 1.807) is 40.4 Å². The lowest BCUT2D eigenvalue weighted by molar-refractivity contribution is 0.588. The van der Waals surface area contributed by atoms with Crippen LogP contribution in [-0.2, 0) is 13.6 Å². The van der Waals surface area contributed by atoms with Gasteiger partial charge in [0, 0.05) is 24.5 Å². The maximum atomic E-state index is 13.4. The van der Waals surface area contributed by atoms with Gasteiger partial charge in [0.1, 0.15) is 17.0 Å². The van der Waals surface area contributed by atoms with Crippen LogP contribution < -0.4 is 11.0 Å². The minimum atomic E-state index is -0.354. The molecule has 29 heavy (non-hydrogen) atoms. The second-order valence-electron chi connectivity index (χ2n) is 7.21. The molecule has 0 atom stereocenters. The number of rotatable bonds is 5. The van der Waals surface area contributed by atoms with E-state index in [-0.39, 0.29) is 22.2 Å². The van der Waals surface area contributed by atoms with Crippen LogP contribution in [0.25, 0.3) is 33.3 Å². The molecule has 0 unspecified atom stereocenters. The number of hydrogen-bond acceptors (Lipinski definition) is 3. The Labute approximate surface area is 167 Å². The zero-order chi connectivity index (χ0) is 20.5. The molecule has 148 valence electrons. The number of unbranched alkanes of at least 4 members (excludes halogenated alkanes) is 2. The van der Waals surface area contributed by atoms with Crippen LogP contribution in [0.3, 0.4) is 0 Å². The van der Waals surface area contributed by atoms with E-state index < -0.39 is 0 Å². The van der Waals surface area contributed by atoms with Crippen LogP contribution in [0.1, 0.15) is 26.2 Å². The first-order valence-corrected chi connectivity index (χ1v) is 9.81. The maximum absolute atomic E-state index is 13.4. The fourth-order valence-electron chi connectivity index (χ4n) is 3.74. The van der Waals surface area contributed by atoms with Crippen LogP contribution in [0.2, 0.25) is 0 Å². The lowest BCUT2D eigenvalue weighted by Crippen LogP contribution is -2.29. The Morgan fingerprint density at radius 2 is 1.72 bits per heavy atom. The standard InChI is InChI=1S/C23H22FN3O2/c1-3-4-7-14-27-21(15-10-12-16(24)13-11-15)25-22-19(23(27)29)20(28)17-8-5-6-9-18(17)26(22)2/h5-6,8-13H,3-4,7,14H2,1-2H3. The van der Waals surface area contributed by atoms with Gasteiger partial charge in [0.25, 0.3) is 5.56 Å². The minimum absolute atomic E-state index is 0.0913. The molecule has 0 aliphatic carbocycles. The smallest absolute Gasteiger partial charge is 0.267 e. The van der Waals surface area contributed by atoms with Crippen molar-refractivity contribution in [2.45, 2.75) is 32.7 Å². The zero-order valence-electron chi connectivity index (χ0n) is 16.5. The van der Waals surface area contributed by atoms with Crippen molar-refractivity contribution in [1.29, 1.82) is 0 Å². The fourth-order valence-corrected chi connectivity index (χ4v) is 3.74. The summed E-state index contributed by atoms with van der Waals surface area (Å²) in [4.78, 5) is 31.3. The SMILES string of the molecule is CCCCCn1c(-c2ccc(F)cc2)nc2c(c(=O)c3ccccc3n2C)c1=O. The summed E-state index contributed by atoms with van der Waals surface area (Å²) in [5, 5.41) is 0.588. The summed E-state index contributed by atoms with van der Waals surface area (Å²) < 4.78 is 16.8. The number of hydrogen-bond donors (Lipinski definition) is 0. The average Bonchev–Trinajstić information content (AvgIpc) is 2.73. The van der Waals surface area contributed by atoms with Crippen molar-refractivity contribution in [3.8, 4) is 11.4 Å². The van der Waals surface area contributed by atoms with E-state index >= 15 is 0 Å². The van der Waals surface area contributed by atoms with E-state index in [9.17, 15) is 14.0 Å². The van der Waals surface area contributed by atoms with Gasteiger partial charge in [-0.2, -0.15) is 0 Å². The summed E-state index contributed by atoms with van der Waals surface area (Å²) in [6.07, 6.45) is 2.77. The quantitative estimate of drug-likeness (QED) is 0.378. The number of benzene rings is 2. The summed E-state index contributed by atoms with van der Waals surface area (Å²) in [5.41, 5.74) is 1.04. The monoisotopic (exact) mass is 391 g/mol. The van der Waals surface area contributed by atoms with Gasteiger partial charge in [0.15, 0.2) is 5.65 Å². The highest BCUT2D eigenvalue weighted by atomic mass is 19.1. The molecule has 0 saturated carbocycles. The Hall–Kier alpha value is -3.28. The van der Waals surface area contributed by atoms with Crippen LogP contribution in [-0.4, -0.2) is 14.1 Å². The number of nitrogens with zero attached hydrogens (tertiary/aromatic N) is 3. The second-order valence-corrected chi connectivity index (χ2v) is 7.21. The minimum Gasteiger partial charge on any atom is -0.328 e. The van der Waals surface area contributed by atoms with Crippen LogP contribution in [0, 0.1) is 5.82 Å². The normalized spacial score (nSPS) is 11.4. The fraction of sp³-hybridized carbons (Fsp3) is 0.261. The Morgan fingerprint density at radius 1 is 1.00 bits per heavy atom. The molecule has 2 aromatic heterocycles. The number of aromatic nitrogens is 3. The van der Waals surface area contributed by atoms with Crippen LogP contribution in [0.4, 0.5) is 4.39 Å². The molecule has 0 saturated heterocycles. The molecule has 6 heteroatoms. The highest BCUT2D eigenvalue weighted by molar-refractivity contribution is 5.91. The highest BCUT2D eigenvalue weighted by Crippen LogP contribution is 2.21. The highest BCUT2D eigenvalue weighted by Gasteiger charge is 2.19. The first-order chi connectivity index (χ1) is 14.0. The first-order valence-electron chi connectivity index (χ1n) is 9.81. The third-order valence-electron chi connectivity index (χ3n) is 5.29. The Kier molecular flexibility index (Phi) is 5.01. The van der Waals surface area contributed by atoms with Gasteiger partial charge in [-0.1, -0.05) is 31.9 Å². The summed E-state index contributed by atoms with van der Waals surface area (Å²) in [7, 11) is 1.80. The summed E-state index contributed by atoms with van der Waals surface area (Å²) >= 11 is 0. The predicted octanol–water partition coefficient (Wildman–Crippen LogP) is 4.24. The third kappa shape index (κ3) is 3.24. The molecule has 2 heterocycles. The van der Waals surface area contributed by atoms with Crippen LogP contribution in [0.5, 0.6) is 0 Å². The predicted molar refractivity (Wildman–Crippen MR) is 114 cm³/mol. The topological polar surface area (TPSA) is 56.9 Å². The van der Waals surface area contributed by atoms with Gasteiger partial charge in [0.05, 0.1) is 5.52 Å². The molecule has 0 fully saturated rings. The van der Waals surface area contributed by atoms with Crippen molar-refractivity contribution >= 4 is 21.9 Å². The molecule has 5 nitrogen and oxygen atoms in total. The van der Waals surface area contributed by atoms with Crippen molar-refractivity contribution in [3.05, 3.63) is 74.9 Å². The summed E-state index contributed by atoms with van der Waals surface area (Å²) in [5.74, 6) is 0.0942. The van der Waals surface area contributed by atoms with E-state index in [0.717, 1.165) is 19.3 Å². The molecule has 2 aromatic carbocycles. The lowest BCUT2D eigenvalue weighted by atomic mass is 10.1. The molecule has 0 spiro atoms. The molecule has 4 rings (SSSR count). The van der Waals surface area contributed by atoms with Crippen LogP contribution >= 0.6 is 0 Å². The van der Waals surface area contributed by atoms with E-state index in [1.165, 1.54) is 12.1 Å². The van der Waals surface area contributed by atoms with Crippen molar-refractivity contribution in [2.24, 2.45) is 7.05 Å². The molecular formula is C23H22FN3O2. The lowest BCUT2D eigenvalue weighted by Gasteiger charge is -2.16. The molecule has 0 aliphatic heterocycles. The van der Waals surface area contributed by atoms with E-state index in [1.807, 2.05) is 12.1 Å². The number of fused-ring (bicyclic) bond motifs is 2. The van der Waals surface area contributed by atoms with Crippen molar-refractivity contribution in [1.82, 2.24) is 14.1 Å². The van der Waals surface area contributed by atoms with Gasteiger partial charge >= 0.3 is 0 Å². The Bertz CT molecular complexity index is 1320. The van der Waals surface area contributed by atoms with E-state index in [4.69, 9.17) is 4.98 Å². The molecule has 0 amide bonds. The number of pyridine rings is 1. The van der Waals surface area contributed by atoms with E-state index in [2.05, 4.69) is 6.92 Å². The van der Waals surface area contributed by atoms with Gasteiger partial charge in [-0.3, -0.25) is 14.2 Å². The van der Waals surface area contributed by atoms with Gasteiger partial charge in [-0.25, -0.2) is 9.37 Å². The molecule has 4 aromatic rings. The third-order valence-corrected chi connectivity index (χ3v) is 5.29. The van der Waals surface area contributed by atoms with Gasteiger partial charge in [-0.05, 0) is 42.8 Å². The van der Waals surface area contributed by atoms with Crippen molar-refractivity contribution < 1.29 is 4.39 Å². The molecule has 0 bridgehead atoms. The summed E-state index contributed by atoms with van der Waals surface area (Å²) in [6, 6.07) is 13.1. The largest absolute Gasteiger partial charge is 0.328 e. The van der Waals surface area contributed by atoms with Gasteiger partial charge < -0.3 is 4.57 Å². The second kappa shape index (κ2) is 7.62. The van der Waals surface area contributed by atoms with Gasteiger partial charge in [-0.15, -0.1) is 0 Å². The maximum Gasteiger partial charge on any atom is 0.267 e. The first kappa shape index (κ1) is 19.1. The zero-order valence-corrected chi connectivity index (χ0v) is 16.5. The number of para-hydroxylation sites is 1. The molecule has 0 radical (unpaired) electrons. The Balaban J connectivity index is 2.10.